The largest absolute Gasteiger partial charge is 0.338 e. The molecule has 0 aliphatic rings. The predicted molar refractivity (Wildman–Crippen MR) is 80.1 cm³/mol. The van der Waals surface area contributed by atoms with E-state index in [4.69, 9.17) is 27.7 Å². The Morgan fingerprint density at radius 1 is 1.25 bits per heavy atom. The third-order valence-corrected chi connectivity index (χ3v) is 3.66. The van der Waals surface area contributed by atoms with Crippen molar-refractivity contribution < 1.29 is 4.52 Å². The molecule has 0 bridgehead atoms. The smallest absolute Gasteiger partial charge is 0.243 e. The maximum atomic E-state index is 6.20. The second kappa shape index (κ2) is 6.57. The van der Waals surface area contributed by atoms with E-state index in [2.05, 4.69) is 15.5 Å². The van der Waals surface area contributed by atoms with Gasteiger partial charge in [-0.2, -0.15) is 4.98 Å². The van der Waals surface area contributed by atoms with Gasteiger partial charge in [-0.3, -0.25) is 5.32 Å². The third-order valence-electron chi connectivity index (χ3n) is 3.10. The number of aryl methyl sites for hydroxylation is 1. The minimum absolute atomic E-state index is 0.0479. The molecule has 2 atom stereocenters. The topological polar surface area (TPSA) is 51.0 Å². The average molecular weight is 314 g/mol. The van der Waals surface area contributed by atoms with Gasteiger partial charge in [0.25, 0.3) is 0 Å². The quantitative estimate of drug-likeness (QED) is 0.891. The molecule has 0 fully saturated rings. The number of hydrogen-bond donors (Lipinski definition) is 1. The van der Waals surface area contributed by atoms with Crippen LogP contribution >= 0.6 is 23.2 Å². The van der Waals surface area contributed by atoms with Crippen molar-refractivity contribution >= 4 is 23.2 Å². The van der Waals surface area contributed by atoms with E-state index < -0.39 is 0 Å². The maximum Gasteiger partial charge on any atom is 0.243 e. The van der Waals surface area contributed by atoms with E-state index in [-0.39, 0.29) is 12.1 Å². The molecular weight excluding hydrogens is 297 g/mol. The first-order chi connectivity index (χ1) is 9.51. The molecule has 0 saturated heterocycles. The van der Waals surface area contributed by atoms with Gasteiger partial charge in [-0.25, -0.2) is 0 Å². The molecule has 4 nitrogen and oxygen atoms in total. The van der Waals surface area contributed by atoms with Crippen LogP contribution in [0, 0.1) is 0 Å². The van der Waals surface area contributed by atoms with E-state index in [1.54, 1.807) is 6.07 Å². The van der Waals surface area contributed by atoms with Crippen molar-refractivity contribution in [3.05, 3.63) is 45.5 Å². The van der Waals surface area contributed by atoms with Gasteiger partial charge in [0, 0.05) is 22.5 Å². The van der Waals surface area contributed by atoms with Crippen LogP contribution in [0.1, 0.15) is 50.1 Å². The SMILES string of the molecule is CCc1noc([C@H](C)N[C@H](C)c2ccc(Cl)cc2Cl)n1. The van der Waals surface area contributed by atoms with Gasteiger partial charge in [-0.05, 0) is 31.5 Å². The van der Waals surface area contributed by atoms with E-state index in [0.29, 0.717) is 21.8 Å². The molecule has 1 N–H and O–H groups in total. The van der Waals surface area contributed by atoms with Gasteiger partial charge in [0.05, 0.1) is 6.04 Å². The van der Waals surface area contributed by atoms with Crippen molar-refractivity contribution in [2.75, 3.05) is 0 Å². The van der Waals surface area contributed by atoms with Crippen LogP contribution in [0.3, 0.4) is 0 Å². The van der Waals surface area contributed by atoms with Gasteiger partial charge in [0.1, 0.15) is 0 Å². The second-order valence-electron chi connectivity index (χ2n) is 4.68. The van der Waals surface area contributed by atoms with Crippen molar-refractivity contribution in [1.29, 1.82) is 0 Å². The first-order valence-corrected chi connectivity index (χ1v) is 7.30. The molecule has 0 spiro atoms. The lowest BCUT2D eigenvalue weighted by Gasteiger charge is -2.19. The van der Waals surface area contributed by atoms with Gasteiger partial charge in [0.15, 0.2) is 5.82 Å². The summed E-state index contributed by atoms with van der Waals surface area (Å²) in [4.78, 5) is 4.32. The lowest BCUT2D eigenvalue weighted by atomic mass is 10.1. The highest BCUT2D eigenvalue weighted by molar-refractivity contribution is 6.35. The Bertz CT molecular complexity index is 586. The van der Waals surface area contributed by atoms with Gasteiger partial charge >= 0.3 is 0 Å². The van der Waals surface area contributed by atoms with Crippen LogP contribution < -0.4 is 5.32 Å². The zero-order valence-corrected chi connectivity index (χ0v) is 13.2. The third kappa shape index (κ3) is 3.51. The summed E-state index contributed by atoms with van der Waals surface area (Å²) >= 11 is 12.1. The van der Waals surface area contributed by atoms with E-state index in [0.717, 1.165) is 12.0 Å². The summed E-state index contributed by atoms with van der Waals surface area (Å²) in [5.41, 5.74) is 0.984. The van der Waals surface area contributed by atoms with Crippen molar-refractivity contribution in [3.63, 3.8) is 0 Å². The molecule has 6 heteroatoms. The summed E-state index contributed by atoms with van der Waals surface area (Å²) in [6.45, 7) is 6.00. The standard InChI is InChI=1S/C14H17Cl2N3O/c1-4-13-18-14(20-19-13)9(3)17-8(2)11-6-5-10(15)7-12(11)16/h5-9,17H,4H2,1-3H3/t8-,9+/m1/s1. The minimum Gasteiger partial charge on any atom is -0.338 e. The highest BCUT2D eigenvalue weighted by atomic mass is 35.5. The normalized spacial score (nSPS) is 14.2. The highest BCUT2D eigenvalue weighted by Crippen LogP contribution is 2.27. The summed E-state index contributed by atoms with van der Waals surface area (Å²) in [6, 6.07) is 5.48. The van der Waals surface area contributed by atoms with Gasteiger partial charge in [0.2, 0.25) is 5.89 Å². The van der Waals surface area contributed by atoms with Crippen LogP contribution in [0.5, 0.6) is 0 Å². The monoisotopic (exact) mass is 313 g/mol. The molecule has 0 saturated carbocycles. The first kappa shape index (κ1) is 15.3. The lowest BCUT2D eigenvalue weighted by Crippen LogP contribution is -2.23. The van der Waals surface area contributed by atoms with E-state index in [1.807, 2.05) is 32.9 Å². The second-order valence-corrected chi connectivity index (χ2v) is 5.52. The Balaban J connectivity index is 2.08. The van der Waals surface area contributed by atoms with Gasteiger partial charge in [-0.15, -0.1) is 0 Å². The number of rotatable bonds is 5. The molecule has 2 rings (SSSR count). The summed E-state index contributed by atoms with van der Waals surface area (Å²) in [7, 11) is 0. The molecule has 1 aromatic carbocycles. The summed E-state index contributed by atoms with van der Waals surface area (Å²) < 4.78 is 5.23. The number of halogens is 2. The molecule has 1 heterocycles. The summed E-state index contributed by atoms with van der Waals surface area (Å²) in [5, 5.41) is 8.55. The van der Waals surface area contributed by atoms with Crippen LogP contribution in [-0.4, -0.2) is 10.1 Å². The molecule has 0 radical (unpaired) electrons. The average Bonchev–Trinajstić information content (AvgIpc) is 2.87. The van der Waals surface area contributed by atoms with Gasteiger partial charge < -0.3 is 4.52 Å². The van der Waals surface area contributed by atoms with Crippen molar-refractivity contribution in [2.24, 2.45) is 0 Å². The van der Waals surface area contributed by atoms with Crippen molar-refractivity contribution in [2.45, 2.75) is 39.3 Å². The minimum atomic E-state index is -0.0513. The number of benzene rings is 1. The summed E-state index contributed by atoms with van der Waals surface area (Å²) in [5.74, 6) is 1.30. The van der Waals surface area contributed by atoms with Crippen LogP contribution in [-0.2, 0) is 6.42 Å². The Hall–Kier alpha value is -1.10. The molecular formula is C14H17Cl2N3O. The Morgan fingerprint density at radius 2 is 2.00 bits per heavy atom. The van der Waals surface area contributed by atoms with Crippen LogP contribution in [0.15, 0.2) is 22.7 Å². The fourth-order valence-electron chi connectivity index (χ4n) is 1.98. The molecule has 20 heavy (non-hydrogen) atoms. The maximum absolute atomic E-state index is 6.20. The fraction of sp³-hybridized carbons (Fsp3) is 0.429. The molecule has 0 unspecified atom stereocenters. The molecule has 108 valence electrons. The number of hydrogen-bond acceptors (Lipinski definition) is 4. The predicted octanol–water partition coefficient (Wildman–Crippen LogP) is 4.35. The zero-order chi connectivity index (χ0) is 14.7. The molecule has 0 aliphatic carbocycles. The number of nitrogens with zero attached hydrogens (tertiary/aromatic N) is 2. The van der Waals surface area contributed by atoms with Crippen molar-refractivity contribution in [3.8, 4) is 0 Å². The molecule has 0 aliphatic heterocycles. The van der Waals surface area contributed by atoms with E-state index in [9.17, 15) is 0 Å². The van der Waals surface area contributed by atoms with Crippen LogP contribution in [0.25, 0.3) is 0 Å². The number of nitrogens with one attached hydrogen (secondary N) is 1. The first-order valence-electron chi connectivity index (χ1n) is 6.54. The van der Waals surface area contributed by atoms with Gasteiger partial charge in [-0.1, -0.05) is 41.3 Å². The molecule has 2 aromatic rings. The Labute approximate surface area is 128 Å². The van der Waals surface area contributed by atoms with Crippen molar-refractivity contribution in [1.82, 2.24) is 15.5 Å². The number of aromatic nitrogens is 2. The summed E-state index contributed by atoms with van der Waals surface area (Å²) in [6.07, 6.45) is 0.759. The molecule has 1 aromatic heterocycles. The Kier molecular flexibility index (Phi) is 5.02. The zero-order valence-electron chi connectivity index (χ0n) is 11.7. The highest BCUT2D eigenvalue weighted by Gasteiger charge is 2.18. The Morgan fingerprint density at radius 3 is 2.60 bits per heavy atom. The van der Waals surface area contributed by atoms with Crippen LogP contribution in [0.2, 0.25) is 10.0 Å². The van der Waals surface area contributed by atoms with Crippen LogP contribution in [0.4, 0.5) is 0 Å². The lowest BCUT2D eigenvalue weighted by molar-refractivity contribution is 0.325. The fourth-order valence-corrected chi connectivity index (χ4v) is 2.55. The van der Waals surface area contributed by atoms with E-state index in [1.165, 1.54) is 0 Å². The van der Waals surface area contributed by atoms with E-state index >= 15 is 0 Å². The molecule has 0 amide bonds.